The molecule has 3 rings (SSSR count). The molecule has 0 saturated carbocycles. The second-order valence-electron chi connectivity index (χ2n) is 6.13. The lowest BCUT2D eigenvalue weighted by atomic mass is 10.1. The van der Waals surface area contributed by atoms with E-state index in [9.17, 15) is 18.0 Å². The van der Waals surface area contributed by atoms with Crippen molar-refractivity contribution >= 4 is 6.09 Å². The smallest absolute Gasteiger partial charge is 0.417 e. The van der Waals surface area contributed by atoms with E-state index < -0.39 is 11.7 Å². The number of alkyl halides is 3. The number of likely N-dealkylation sites (tertiary alicyclic amines) is 1. The minimum absolute atomic E-state index is 0.0140. The normalized spacial score (nSPS) is 15.5. The second kappa shape index (κ2) is 8.40. The monoisotopic (exact) mass is 400 g/mol. The average Bonchev–Trinajstić information content (AvgIpc) is 3.15. The first-order chi connectivity index (χ1) is 13.4. The predicted molar refractivity (Wildman–Crippen MR) is 88.3 cm³/mol. The minimum Gasteiger partial charge on any atom is -0.469 e. The fourth-order valence-corrected chi connectivity index (χ4v) is 2.87. The highest BCUT2D eigenvalue weighted by molar-refractivity contribution is 5.67. The van der Waals surface area contributed by atoms with Gasteiger partial charge in [-0.25, -0.2) is 14.5 Å². The van der Waals surface area contributed by atoms with Crippen LogP contribution in [0.15, 0.2) is 18.3 Å². The number of hydrogen-bond acceptors (Lipinski definition) is 7. The van der Waals surface area contributed by atoms with E-state index in [0.717, 1.165) is 12.1 Å². The molecule has 1 aliphatic rings. The summed E-state index contributed by atoms with van der Waals surface area (Å²) in [5, 5.41) is 11.5. The number of halogens is 3. The van der Waals surface area contributed by atoms with Crippen molar-refractivity contribution in [2.45, 2.75) is 38.6 Å². The summed E-state index contributed by atoms with van der Waals surface area (Å²) in [5.74, 6) is 0.468. The Bertz CT molecular complexity index is 788. The van der Waals surface area contributed by atoms with Gasteiger partial charge in [0.25, 0.3) is 0 Å². The number of amides is 1. The quantitative estimate of drug-likeness (QED) is 0.761. The van der Waals surface area contributed by atoms with Crippen LogP contribution >= 0.6 is 0 Å². The SMILES string of the molecule is CCOC(=O)N1CCC(n2nnnc2COc2ccc(C(F)(F)F)cn2)CC1. The van der Waals surface area contributed by atoms with Crippen LogP contribution in [0.4, 0.5) is 18.0 Å². The van der Waals surface area contributed by atoms with E-state index in [0.29, 0.717) is 44.6 Å². The Morgan fingerprint density at radius 2 is 2.04 bits per heavy atom. The summed E-state index contributed by atoms with van der Waals surface area (Å²) >= 11 is 0. The van der Waals surface area contributed by atoms with Crippen LogP contribution in [0.25, 0.3) is 0 Å². The molecule has 152 valence electrons. The van der Waals surface area contributed by atoms with Crippen LogP contribution in [0.5, 0.6) is 5.88 Å². The predicted octanol–water partition coefficient (Wildman–Crippen LogP) is 2.46. The maximum Gasteiger partial charge on any atom is 0.417 e. The third-order valence-electron chi connectivity index (χ3n) is 4.31. The largest absolute Gasteiger partial charge is 0.469 e. The maximum absolute atomic E-state index is 12.6. The molecule has 1 fully saturated rings. The Morgan fingerprint density at radius 3 is 2.64 bits per heavy atom. The van der Waals surface area contributed by atoms with Gasteiger partial charge in [-0.2, -0.15) is 13.2 Å². The molecule has 0 unspecified atom stereocenters. The van der Waals surface area contributed by atoms with Crippen LogP contribution in [-0.2, 0) is 17.5 Å². The Hall–Kier alpha value is -2.92. The number of carbonyl (C=O) groups excluding carboxylic acids is 1. The van der Waals surface area contributed by atoms with Crippen molar-refractivity contribution in [2.75, 3.05) is 19.7 Å². The molecular weight excluding hydrogens is 381 g/mol. The minimum atomic E-state index is -4.45. The first kappa shape index (κ1) is 19.8. The number of nitrogens with zero attached hydrogens (tertiary/aromatic N) is 6. The van der Waals surface area contributed by atoms with Gasteiger partial charge in [0.15, 0.2) is 12.4 Å². The van der Waals surface area contributed by atoms with Crippen molar-refractivity contribution < 1.29 is 27.4 Å². The highest BCUT2D eigenvalue weighted by Crippen LogP contribution is 2.29. The Kier molecular flexibility index (Phi) is 5.95. The molecule has 12 heteroatoms. The second-order valence-corrected chi connectivity index (χ2v) is 6.13. The van der Waals surface area contributed by atoms with Gasteiger partial charge in [-0.1, -0.05) is 0 Å². The molecule has 28 heavy (non-hydrogen) atoms. The number of rotatable bonds is 5. The molecule has 0 aromatic carbocycles. The molecule has 0 bridgehead atoms. The van der Waals surface area contributed by atoms with Gasteiger partial charge in [0.1, 0.15) is 0 Å². The van der Waals surface area contributed by atoms with Gasteiger partial charge in [-0.15, -0.1) is 5.10 Å². The summed E-state index contributed by atoms with van der Waals surface area (Å²) in [6.45, 7) is 3.08. The summed E-state index contributed by atoms with van der Waals surface area (Å²) in [5.41, 5.74) is -0.849. The Balaban J connectivity index is 1.57. The van der Waals surface area contributed by atoms with E-state index in [-0.39, 0.29) is 24.6 Å². The highest BCUT2D eigenvalue weighted by atomic mass is 19.4. The van der Waals surface area contributed by atoms with Crippen LogP contribution in [0.1, 0.15) is 37.2 Å². The molecule has 2 aromatic heterocycles. The summed E-state index contributed by atoms with van der Waals surface area (Å²) in [6, 6.07) is 2.03. The Morgan fingerprint density at radius 1 is 1.29 bits per heavy atom. The van der Waals surface area contributed by atoms with Crippen molar-refractivity contribution in [1.29, 1.82) is 0 Å². The molecule has 1 aliphatic heterocycles. The van der Waals surface area contributed by atoms with Crippen LogP contribution in [-0.4, -0.2) is 55.9 Å². The number of aromatic nitrogens is 5. The lowest BCUT2D eigenvalue weighted by Crippen LogP contribution is -2.39. The van der Waals surface area contributed by atoms with Gasteiger partial charge in [-0.3, -0.25) is 0 Å². The molecule has 0 atom stereocenters. The van der Waals surface area contributed by atoms with Crippen LogP contribution in [0, 0.1) is 0 Å². The van der Waals surface area contributed by atoms with E-state index in [2.05, 4.69) is 20.5 Å². The zero-order valence-corrected chi connectivity index (χ0v) is 15.1. The highest BCUT2D eigenvalue weighted by Gasteiger charge is 2.31. The molecule has 2 aromatic rings. The lowest BCUT2D eigenvalue weighted by molar-refractivity contribution is -0.137. The maximum atomic E-state index is 12.6. The standard InChI is InChI=1S/C16H19F3N6O3/c1-2-27-15(26)24-7-5-12(6-8-24)25-13(21-22-23-25)10-28-14-4-3-11(9-20-14)16(17,18)19/h3-4,9,12H,2,5-8,10H2,1H3. The van der Waals surface area contributed by atoms with E-state index in [1.54, 1.807) is 16.5 Å². The number of ether oxygens (including phenoxy) is 2. The van der Waals surface area contributed by atoms with E-state index in [1.165, 1.54) is 0 Å². The number of piperidine rings is 1. The van der Waals surface area contributed by atoms with Gasteiger partial charge >= 0.3 is 12.3 Å². The van der Waals surface area contributed by atoms with Crippen molar-refractivity contribution in [1.82, 2.24) is 30.1 Å². The third kappa shape index (κ3) is 4.67. The van der Waals surface area contributed by atoms with Crippen LogP contribution < -0.4 is 4.74 Å². The van der Waals surface area contributed by atoms with Crippen molar-refractivity contribution in [3.8, 4) is 5.88 Å². The molecule has 0 radical (unpaired) electrons. The number of hydrogen-bond donors (Lipinski definition) is 0. The topological polar surface area (TPSA) is 95.3 Å². The first-order valence-corrected chi connectivity index (χ1v) is 8.73. The number of pyridine rings is 1. The molecule has 1 saturated heterocycles. The summed E-state index contributed by atoms with van der Waals surface area (Å²) in [6.07, 6.45) is -2.78. The molecule has 3 heterocycles. The van der Waals surface area contributed by atoms with Crippen LogP contribution in [0.3, 0.4) is 0 Å². The number of carbonyl (C=O) groups is 1. The zero-order valence-electron chi connectivity index (χ0n) is 15.1. The average molecular weight is 400 g/mol. The molecule has 9 nitrogen and oxygen atoms in total. The molecule has 0 N–H and O–H groups in total. The van der Waals surface area contributed by atoms with E-state index in [1.807, 2.05) is 0 Å². The van der Waals surface area contributed by atoms with Gasteiger partial charge in [0, 0.05) is 25.4 Å². The third-order valence-corrected chi connectivity index (χ3v) is 4.31. The summed E-state index contributed by atoms with van der Waals surface area (Å²) < 4.78 is 49.7. The van der Waals surface area contributed by atoms with Gasteiger partial charge in [0.2, 0.25) is 5.88 Å². The van der Waals surface area contributed by atoms with Crippen molar-refractivity contribution in [3.05, 3.63) is 29.7 Å². The van der Waals surface area contributed by atoms with Gasteiger partial charge < -0.3 is 14.4 Å². The number of tetrazole rings is 1. The van der Waals surface area contributed by atoms with E-state index >= 15 is 0 Å². The molecule has 1 amide bonds. The molecular formula is C16H19F3N6O3. The van der Waals surface area contributed by atoms with Gasteiger partial charge in [-0.05, 0) is 36.3 Å². The fraction of sp³-hybridized carbons (Fsp3) is 0.562. The van der Waals surface area contributed by atoms with Crippen LogP contribution in [0.2, 0.25) is 0 Å². The zero-order chi connectivity index (χ0) is 20.1. The van der Waals surface area contributed by atoms with Gasteiger partial charge in [0.05, 0.1) is 18.2 Å². The molecule has 0 spiro atoms. The first-order valence-electron chi connectivity index (χ1n) is 8.73. The summed E-state index contributed by atoms with van der Waals surface area (Å²) in [4.78, 5) is 17.0. The summed E-state index contributed by atoms with van der Waals surface area (Å²) in [7, 11) is 0. The Labute approximate surface area is 158 Å². The van der Waals surface area contributed by atoms with E-state index in [4.69, 9.17) is 9.47 Å². The van der Waals surface area contributed by atoms with Crippen molar-refractivity contribution in [3.63, 3.8) is 0 Å². The fourth-order valence-electron chi connectivity index (χ4n) is 2.87. The van der Waals surface area contributed by atoms with Crippen molar-refractivity contribution in [2.24, 2.45) is 0 Å². The molecule has 0 aliphatic carbocycles. The lowest BCUT2D eigenvalue weighted by Gasteiger charge is -2.31.